The van der Waals surface area contributed by atoms with Crippen LogP contribution >= 0.6 is 12.2 Å². The van der Waals surface area contributed by atoms with E-state index >= 15 is 0 Å². The van der Waals surface area contributed by atoms with E-state index in [1.807, 2.05) is 18.2 Å². The number of aliphatic carboxylic acids is 1. The smallest absolute Gasteiger partial charge is 0.303 e. The number of hydrogen-bond acceptors (Lipinski definition) is 2. The van der Waals surface area contributed by atoms with E-state index in [9.17, 15) is 4.79 Å². The van der Waals surface area contributed by atoms with Crippen molar-refractivity contribution in [1.29, 1.82) is 0 Å². The van der Waals surface area contributed by atoms with Gasteiger partial charge in [0, 0.05) is 6.42 Å². The van der Waals surface area contributed by atoms with E-state index in [-0.39, 0.29) is 6.42 Å². The van der Waals surface area contributed by atoms with Gasteiger partial charge in [0.15, 0.2) is 4.77 Å². The highest BCUT2D eigenvalue weighted by Gasteiger charge is 2.01. The van der Waals surface area contributed by atoms with Crippen molar-refractivity contribution in [3.8, 4) is 0 Å². The zero-order valence-electron chi connectivity index (χ0n) is 7.91. The van der Waals surface area contributed by atoms with E-state index in [1.54, 1.807) is 0 Å². The summed E-state index contributed by atoms with van der Waals surface area (Å²) in [6.45, 7) is 0. The van der Waals surface area contributed by atoms with Crippen LogP contribution in [0, 0.1) is 4.77 Å². The van der Waals surface area contributed by atoms with E-state index < -0.39 is 5.97 Å². The lowest BCUT2D eigenvalue weighted by atomic mass is 10.1. The molecule has 1 aromatic carbocycles. The Morgan fingerprint density at radius 2 is 2.07 bits per heavy atom. The summed E-state index contributed by atoms with van der Waals surface area (Å²) < 4.78 is 0.584. The topological polar surface area (TPSA) is 68.9 Å². The molecule has 3 N–H and O–H groups in total. The molecule has 2 aromatic rings. The Morgan fingerprint density at radius 1 is 1.33 bits per heavy atom. The molecule has 0 radical (unpaired) electrons. The van der Waals surface area contributed by atoms with Crippen molar-refractivity contribution in [3.63, 3.8) is 0 Å². The summed E-state index contributed by atoms with van der Waals surface area (Å²) in [4.78, 5) is 16.4. The summed E-state index contributed by atoms with van der Waals surface area (Å²) in [6.07, 6.45) is 0.688. The quantitative estimate of drug-likeness (QED) is 0.697. The van der Waals surface area contributed by atoms with Gasteiger partial charge in [-0.15, -0.1) is 0 Å². The van der Waals surface area contributed by atoms with Crippen molar-refractivity contribution >= 4 is 29.2 Å². The predicted molar refractivity (Wildman–Crippen MR) is 59.4 cm³/mol. The second kappa shape index (κ2) is 3.86. The molecular formula is C10H10N2O2S. The van der Waals surface area contributed by atoms with Crippen molar-refractivity contribution in [2.24, 2.45) is 0 Å². The molecule has 1 heterocycles. The van der Waals surface area contributed by atoms with Crippen LogP contribution in [0.2, 0.25) is 0 Å². The molecule has 0 aliphatic heterocycles. The first-order valence-electron chi connectivity index (χ1n) is 4.58. The number of carboxylic acid groups (broad SMARTS) is 1. The average molecular weight is 222 g/mol. The molecule has 0 saturated heterocycles. The molecule has 5 heteroatoms. The molecule has 0 aliphatic rings. The number of carbonyl (C=O) groups is 1. The maximum absolute atomic E-state index is 10.4. The number of benzene rings is 1. The Kier molecular flexibility index (Phi) is 2.55. The normalized spacial score (nSPS) is 10.7. The molecule has 0 aliphatic carbocycles. The zero-order valence-corrected chi connectivity index (χ0v) is 8.73. The van der Waals surface area contributed by atoms with Gasteiger partial charge in [-0.05, 0) is 36.3 Å². The van der Waals surface area contributed by atoms with Crippen molar-refractivity contribution in [1.82, 2.24) is 9.97 Å². The Bertz CT molecular complexity index is 556. The van der Waals surface area contributed by atoms with Crippen LogP contribution in [0.5, 0.6) is 0 Å². The molecule has 0 unspecified atom stereocenters. The Balaban J connectivity index is 2.30. The highest BCUT2D eigenvalue weighted by atomic mass is 32.1. The van der Waals surface area contributed by atoms with Crippen LogP contribution in [0.15, 0.2) is 18.2 Å². The van der Waals surface area contributed by atoms with Gasteiger partial charge in [0.25, 0.3) is 0 Å². The number of aromatic amines is 2. The third kappa shape index (κ3) is 2.24. The van der Waals surface area contributed by atoms with E-state index in [0.717, 1.165) is 16.6 Å². The number of imidazole rings is 1. The minimum Gasteiger partial charge on any atom is -0.481 e. The summed E-state index contributed by atoms with van der Waals surface area (Å²) in [5.41, 5.74) is 2.86. The molecule has 4 nitrogen and oxygen atoms in total. The van der Waals surface area contributed by atoms with Gasteiger partial charge in [-0.2, -0.15) is 0 Å². The fourth-order valence-corrected chi connectivity index (χ4v) is 1.71. The first kappa shape index (κ1) is 9.92. The highest BCUT2D eigenvalue weighted by Crippen LogP contribution is 2.13. The third-order valence-electron chi connectivity index (χ3n) is 2.21. The molecule has 0 amide bonds. The second-order valence-electron chi connectivity index (χ2n) is 3.35. The second-order valence-corrected chi connectivity index (χ2v) is 3.76. The lowest BCUT2D eigenvalue weighted by Gasteiger charge is -1.98. The summed E-state index contributed by atoms with van der Waals surface area (Å²) in [6, 6.07) is 5.73. The van der Waals surface area contributed by atoms with Gasteiger partial charge < -0.3 is 15.1 Å². The molecule has 0 atom stereocenters. The first-order valence-corrected chi connectivity index (χ1v) is 4.99. The summed E-state index contributed by atoms with van der Waals surface area (Å²) >= 11 is 4.96. The molecule has 78 valence electrons. The number of carboxylic acids is 1. The van der Waals surface area contributed by atoms with Gasteiger partial charge in [-0.3, -0.25) is 4.79 Å². The zero-order chi connectivity index (χ0) is 10.8. The van der Waals surface area contributed by atoms with Crippen molar-refractivity contribution in [2.45, 2.75) is 12.8 Å². The van der Waals surface area contributed by atoms with Gasteiger partial charge in [-0.1, -0.05) is 6.07 Å². The largest absolute Gasteiger partial charge is 0.481 e. The number of rotatable bonds is 3. The molecule has 0 spiro atoms. The van der Waals surface area contributed by atoms with Gasteiger partial charge in [0.1, 0.15) is 0 Å². The van der Waals surface area contributed by atoms with Gasteiger partial charge in [0.2, 0.25) is 0 Å². The first-order chi connectivity index (χ1) is 7.15. The highest BCUT2D eigenvalue weighted by molar-refractivity contribution is 7.71. The molecule has 15 heavy (non-hydrogen) atoms. The number of hydrogen-bond donors (Lipinski definition) is 3. The van der Waals surface area contributed by atoms with Gasteiger partial charge in [-0.25, -0.2) is 0 Å². The van der Waals surface area contributed by atoms with E-state index in [1.165, 1.54) is 0 Å². The fraction of sp³-hybridized carbons (Fsp3) is 0.200. The fourth-order valence-electron chi connectivity index (χ4n) is 1.49. The molecular weight excluding hydrogens is 212 g/mol. The maximum Gasteiger partial charge on any atom is 0.303 e. The minimum absolute atomic E-state index is 0.149. The molecule has 0 bridgehead atoms. The number of aryl methyl sites for hydroxylation is 1. The van der Waals surface area contributed by atoms with Crippen LogP contribution in [0.3, 0.4) is 0 Å². The SMILES string of the molecule is O=C(O)CCc1ccc2[nH]c(=S)[nH]c2c1. The molecule has 0 fully saturated rings. The van der Waals surface area contributed by atoms with Gasteiger partial charge in [0.05, 0.1) is 11.0 Å². The Morgan fingerprint density at radius 3 is 2.80 bits per heavy atom. The Labute approximate surface area is 91.0 Å². The van der Waals surface area contributed by atoms with E-state index in [2.05, 4.69) is 9.97 Å². The number of fused-ring (bicyclic) bond motifs is 1. The van der Waals surface area contributed by atoms with Gasteiger partial charge >= 0.3 is 5.97 Å². The van der Waals surface area contributed by atoms with Crippen LogP contribution in [0.1, 0.15) is 12.0 Å². The van der Waals surface area contributed by atoms with Crippen molar-refractivity contribution < 1.29 is 9.90 Å². The maximum atomic E-state index is 10.4. The minimum atomic E-state index is -0.780. The molecule has 1 aromatic heterocycles. The number of aromatic nitrogens is 2. The van der Waals surface area contributed by atoms with E-state index in [4.69, 9.17) is 17.3 Å². The lowest BCUT2D eigenvalue weighted by Crippen LogP contribution is -1.97. The lowest BCUT2D eigenvalue weighted by molar-refractivity contribution is -0.136. The van der Waals surface area contributed by atoms with Crippen LogP contribution in [-0.2, 0) is 11.2 Å². The van der Waals surface area contributed by atoms with Crippen molar-refractivity contribution in [2.75, 3.05) is 0 Å². The van der Waals surface area contributed by atoms with E-state index in [0.29, 0.717) is 11.2 Å². The number of nitrogens with one attached hydrogen (secondary N) is 2. The summed E-state index contributed by atoms with van der Waals surface area (Å²) in [5.74, 6) is -0.780. The monoisotopic (exact) mass is 222 g/mol. The standard InChI is InChI=1S/C10H10N2O2S/c13-9(14)4-2-6-1-3-7-8(5-6)12-10(15)11-7/h1,3,5H,2,4H2,(H,13,14)(H2,11,12,15). The average Bonchev–Trinajstić information content (AvgIpc) is 2.53. The van der Waals surface area contributed by atoms with Crippen LogP contribution in [0.4, 0.5) is 0 Å². The van der Waals surface area contributed by atoms with Crippen LogP contribution in [0.25, 0.3) is 11.0 Å². The van der Waals surface area contributed by atoms with Crippen LogP contribution in [-0.4, -0.2) is 21.0 Å². The van der Waals surface area contributed by atoms with Crippen molar-refractivity contribution in [3.05, 3.63) is 28.5 Å². The molecule has 0 saturated carbocycles. The summed E-state index contributed by atoms with van der Waals surface area (Å²) in [7, 11) is 0. The number of H-pyrrole nitrogens is 2. The summed E-state index contributed by atoms with van der Waals surface area (Å²) in [5, 5.41) is 8.56. The molecule has 2 rings (SSSR count). The predicted octanol–water partition coefficient (Wildman–Crippen LogP) is 2.24. The Hall–Kier alpha value is -1.62. The third-order valence-corrected chi connectivity index (χ3v) is 2.41. The van der Waals surface area contributed by atoms with Crippen LogP contribution < -0.4 is 0 Å².